The maximum absolute atomic E-state index is 4.61. The maximum atomic E-state index is 4.61. The van der Waals surface area contributed by atoms with Crippen LogP contribution in [0.5, 0.6) is 0 Å². The van der Waals surface area contributed by atoms with E-state index in [1.807, 2.05) is 12.4 Å². The van der Waals surface area contributed by atoms with Crippen LogP contribution in [0, 0.1) is 47.3 Å². The standard InChI is InChI=1S/C18H26N2/c1-3-19-9-15-13-8-14(16(15)10-20-4-2)18-12-6-5-11(7-12)17(13)18/h3-6,11-18H,7-10H2,1-2H3. The van der Waals surface area contributed by atoms with E-state index in [0.29, 0.717) is 0 Å². The first-order valence-electron chi connectivity index (χ1n) is 8.42. The van der Waals surface area contributed by atoms with Crippen molar-refractivity contribution in [1.29, 1.82) is 0 Å². The van der Waals surface area contributed by atoms with Gasteiger partial charge in [-0.05, 0) is 86.5 Å². The molecule has 4 bridgehead atoms. The van der Waals surface area contributed by atoms with E-state index in [1.165, 1.54) is 12.8 Å². The van der Waals surface area contributed by atoms with E-state index in [0.717, 1.165) is 60.4 Å². The molecule has 0 radical (unpaired) electrons. The monoisotopic (exact) mass is 270 g/mol. The summed E-state index contributed by atoms with van der Waals surface area (Å²) >= 11 is 0. The molecule has 20 heavy (non-hydrogen) atoms. The molecule has 0 aliphatic heterocycles. The molecule has 8 unspecified atom stereocenters. The molecular weight excluding hydrogens is 244 g/mol. The van der Waals surface area contributed by atoms with Gasteiger partial charge in [0.15, 0.2) is 0 Å². The van der Waals surface area contributed by atoms with E-state index in [1.54, 1.807) is 0 Å². The summed E-state index contributed by atoms with van der Waals surface area (Å²) in [4.78, 5) is 9.22. The Kier molecular flexibility index (Phi) is 3.08. The normalized spacial score (nSPS) is 51.9. The van der Waals surface area contributed by atoms with Gasteiger partial charge in [-0.1, -0.05) is 12.2 Å². The summed E-state index contributed by atoms with van der Waals surface area (Å²) < 4.78 is 0. The number of rotatable bonds is 4. The molecule has 0 amide bonds. The summed E-state index contributed by atoms with van der Waals surface area (Å²) in [5, 5.41) is 0. The van der Waals surface area contributed by atoms with Crippen LogP contribution in [-0.2, 0) is 0 Å². The largest absolute Gasteiger partial charge is 0.298 e. The summed E-state index contributed by atoms with van der Waals surface area (Å²) in [6, 6.07) is 0. The fourth-order valence-electron chi connectivity index (χ4n) is 6.28. The van der Waals surface area contributed by atoms with Gasteiger partial charge < -0.3 is 0 Å². The Labute approximate surface area is 122 Å². The van der Waals surface area contributed by atoms with Crippen LogP contribution in [0.4, 0.5) is 0 Å². The Morgan fingerprint density at radius 3 is 1.80 bits per heavy atom. The summed E-state index contributed by atoms with van der Waals surface area (Å²) in [5.41, 5.74) is 0. The predicted molar refractivity (Wildman–Crippen MR) is 84.4 cm³/mol. The minimum atomic E-state index is 0.800. The second-order valence-corrected chi connectivity index (χ2v) is 7.24. The molecule has 0 spiro atoms. The topological polar surface area (TPSA) is 24.7 Å². The Morgan fingerprint density at radius 2 is 1.35 bits per heavy atom. The van der Waals surface area contributed by atoms with Crippen LogP contribution >= 0.6 is 0 Å². The zero-order valence-corrected chi connectivity index (χ0v) is 12.7. The minimum Gasteiger partial charge on any atom is -0.298 e. The quantitative estimate of drug-likeness (QED) is 0.424. The van der Waals surface area contributed by atoms with Crippen molar-refractivity contribution in [2.75, 3.05) is 13.1 Å². The molecule has 3 saturated carbocycles. The Bertz CT molecular complexity index is 424. The number of hydrogen-bond donors (Lipinski definition) is 0. The van der Waals surface area contributed by atoms with Crippen LogP contribution < -0.4 is 0 Å². The number of fused-ring (bicyclic) bond motifs is 9. The SMILES string of the molecule is CC=NCC1C(CN=CC)C2CC1C1C3C=CC(C3)C21. The van der Waals surface area contributed by atoms with Crippen LogP contribution in [0.2, 0.25) is 0 Å². The molecule has 3 fully saturated rings. The number of nitrogens with zero attached hydrogens (tertiary/aromatic N) is 2. The molecule has 2 nitrogen and oxygen atoms in total. The minimum absolute atomic E-state index is 0.800. The van der Waals surface area contributed by atoms with Gasteiger partial charge in [-0.25, -0.2) is 0 Å². The van der Waals surface area contributed by atoms with Gasteiger partial charge in [0, 0.05) is 13.1 Å². The molecule has 4 aliphatic rings. The van der Waals surface area contributed by atoms with Crippen LogP contribution in [-0.4, -0.2) is 25.5 Å². The van der Waals surface area contributed by atoms with E-state index < -0.39 is 0 Å². The zero-order chi connectivity index (χ0) is 13.7. The lowest BCUT2D eigenvalue weighted by molar-refractivity contribution is 0.0972. The zero-order valence-electron chi connectivity index (χ0n) is 12.7. The van der Waals surface area contributed by atoms with Crippen LogP contribution in [0.3, 0.4) is 0 Å². The van der Waals surface area contributed by atoms with E-state index in [2.05, 4.69) is 36.0 Å². The molecule has 2 heteroatoms. The molecule has 0 saturated heterocycles. The van der Waals surface area contributed by atoms with Crippen molar-refractivity contribution in [2.45, 2.75) is 26.7 Å². The molecule has 0 aromatic heterocycles. The fourth-order valence-corrected chi connectivity index (χ4v) is 6.28. The smallest absolute Gasteiger partial charge is 0.0419 e. The first-order valence-corrected chi connectivity index (χ1v) is 8.42. The highest BCUT2D eigenvalue weighted by molar-refractivity contribution is 5.53. The lowest BCUT2D eigenvalue weighted by atomic mass is 9.65. The highest BCUT2D eigenvalue weighted by atomic mass is 14.8. The summed E-state index contributed by atoms with van der Waals surface area (Å²) in [6.07, 6.45) is 12.0. The highest BCUT2D eigenvalue weighted by Crippen LogP contribution is 2.68. The van der Waals surface area contributed by atoms with E-state index in [9.17, 15) is 0 Å². The van der Waals surface area contributed by atoms with E-state index >= 15 is 0 Å². The van der Waals surface area contributed by atoms with Crippen molar-refractivity contribution in [3.63, 3.8) is 0 Å². The second kappa shape index (κ2) is 4.82. The molecule has 108 valence electrons. The first kappa shape index (κ1) is 12.8. The van der Waals surface area contributed by atoms with Gasteiger partial charge in [-0.2, -0.15) is 0 Å². The van der Waals surface area contributed by atoms with Crippen molar-refractivity contribution in [2.24, 2.45) is 57.3 Å². The molecule has 0 heterocycles. The third kappa shape index (κ3) is 1.63. The van der Waals surface area contributed by atoms with Crippen LogP contribution in [0.15, 0.2) is 22.1 Å². The molecule has 4 rings (SSSR count). The Morgan fingerprint density at radius 1 is 0.850 bits per heavy atom. The molecule has 0 aromatic rings. The van der Waals surface area contributed by atoms with Crippen molar-refractivity contribution in [3.05, 3.63) is 12.2 Å². The summed E-state index contributed by atoms with van der Waals surface area (Å²) in [6.45, 7) is 6.20. The van der Waals surface area contributed by atoms with Crippen LogP contribution in [0.25, 0.3) is 0 Å². The Hall–Kier alpha value is -0.920. The van der Waals surface area contributed by atoms with Gasteiger partial charge in [-0.15, -0.1) is 0 Å². The molecule has 0 aromatic carbocycles. The number of aliphatic imine (C=N–C) groups is 2. The van der Waals surface area contributed by atoms with Crippen LogP contribution in [0.1, 0.15) is 26.7 Å². The number of hydrogen-bond acceptors (Lipinski definition) is 2. The van der Waals surface area contributed by atoms with E-state index in [4.69, 9.17) is 0 Å². The van der Waals surface area contributed by atoms with Gasteiger partial charge in [0.05, 0.1) is 0 Å². The second-order valence-electron chi connectivity index (χ2n) is 7.24. The molecule has 4 aliphatic carbocycles. The van der Waals surface area contributed by atoms with Gasteiger partial charge in [0.25, 0.3) is 0 Å². The van der Waals surface area contributed by atoms with Crippen molar-refractivity contribution >= 4 is 12.4 Å². The van der Waals surface area contributed by atoms with Crippen molar-refractivity contribution < 1.29 is 0 Å². The molecular formula is C18H26N2. The average Bonchev–Trinajstić information content (AvgIpc) is 3.19. The average molecular weight is 270 g/mol. The predicted octanol–water partition coefficient (Wildman–Crippen LogP) is 3.49. The lowest BCUT2D eigenvalue weighted by Crippen LogP contribution is -2.39. The van der Waals surface area contributed by atoms with Gasteiger partial charge in [-0.3, -0.25) is 9.98 Å². The fraction of sp³-hybridized carbons (Fsp3) is 0.778. The summed E-state index contributed by atoms with van der Waals surface area (Å²) in [5.74, 6) is 7.27. The van der Waals surface area contributed by atoms with Gasteiger partial charge in [0.1, 0.15) is 0 Å². The third-order valence-electron chi connectivity index (χ3n) is 6.76. The van der Waals surface area contributed by atoms with Gasteiger partial charge >= 0.3 is 0 Å². The first-order chi connectivity index (χ1) is 9.85. The van der Waals surface area contributed by atoms with E-state index in [-0.39, 0.29) is 0 Å². The third-order valence-corrected chi connectivity index (χ3v) is 6.76. The molecule has 8 atom stereocenters. The van der Waals surface area contributed by atoms with Crippen molar-refractivity contribution in [3.8, 4) is 0 Å². The Balaban J connectivity index is 1.61. The molecule has 0 N–H and O–H groups in total. The van der Waals surface area contributed by atoms with Gasteiger partial charge in [0.2, 0.25) is 0 Å². The number of allylic oxidation sites excluding steroid dienone is 2. The van der Waals surface area contributed by atoms with Crippen molar-refractivity contribution in [1.82, 2.24) is 0 Å². The maximum Gasteiger partial charge on any atom is 0.0419 e. The highest BCUT2D eigenvalue weighted by Gasteiger charge is 2.64. The summed E-state index contributed by atoms with van der Waals surface area (Å²) in [7, 11) is 0. The lowest BCUT2D eigenvalue weighted by Gasteiger charge is -2.41.